The van der Waals surface area contributed by atoms with Gasteiger partial charge in [0.15, 0.2) is 0 Å². The van der Waals surface area contributed by atoms with Gasteiger partial charge in [-0.25, -0.2) is 13.8 Å². The second-order valence-electron chi connectivity index (χ2n) is 4.25. The molecule has 0 bridgehead atoms. The van der Waals surface area contributed by atoms with Crippen LogP contribution < -0.4 is 5.32 Å². The lowest BCUT2D eigenvalue weighted by atomic mass is 10.0. The maximum Gasteiger partial charge on any atom is 0.138 e. The lowest BCUT2D eigenvalue weighted by molar-refractivity contribution is 0.461. The molecule has 0 aliphatic rings. The van der Waals surface area contributed by atoms with Gasteiger partial charge in [-0.1, -0.05) is 13.0 Å². The van der Waals surface area contributed by atoms with E-state index < -0.39 is 17.7 Å². The lowest BCUT2D eigenvalue weighted by Gasteiger charge is -2.19. The molecule has 0 amide bonds. The molecule has 0 radical (unpaired) electrons. The first-order chi connectivity index (χ1) is 9.13. The predicted molar refractivity (Wildman–Crippen MR) is 67.5 cm³/mol. The van der Waals surface area contributed by atoms with Gasteiger partial charge in [0.25, 0.3) is 0 Å². The molecule has 1 atom stereocenters. The van der Waals surface area contributed by atoms with Crippen LogP contribution in [0.25, 0.3) is 0 Å². The number of hydrogen-bond donors (Lipinski definition) is 1. The summed E-state index contributed by atoms with van der Waals surface area (Å²) in [5, 5.41) is 7.04. The highest BCUT2D eigenvalue weighted by atomic mass is 19.1. The molecule has 19 heavy (non-hydrogen) atoms. The Hall–Kier alpha value is -1.82. The third-order valence-corrected chi connectivity index (χ3v) is 2.99. The van der Waals surface area contributed by atoms with Crippen LogP contribution in [0, 0.1) is 11.6 Å². The summed E-state index contributed by atoms with van der Waals surface area (Å²) in [5.41, 5.74) is 0.0485. The fraction of sp³-hybridized carbons (Fsp3) is 0.385. The average molecular weight is 266 g/mol. The summed E-state index contributed by atoms with van der Waals surface area (Å²) in [7, 11) is 1.75. The largest absolute Gasteiger partial charge is 0.310 e. The van der Waals surface area contributed by atoms with Crippen LogP contribution in [-0.4, -0.2) is 21.3 Å². The Balaban J connectivity index is 2.32. The molecule has 1 unspecified atom stereocenters. The number of aryl methyl sites for hydroxylation is 1. The third-order valence-electron chi connectivity index (χ3n) is 2.99. The molecule has 1 N–H and O–H groups in total. The number of nitrogens with zero attached hydrogens (tertiary/aromatic N) is 3. The van der Waals surface area contributed by atoms with E-state index in [2.05, 4.69) is 15.4 Å². The van der Waals surface area contributed by atoms with Crippen molar-refractivity contribution in [3.05, 3.63) is 47.5 Å². The van der Waals surface area contributed by atoms with Crippen molar-refractivity contribution in [3.63, 3.8) is 0 Å². The number of aromatic nitrogens is 3. The Morgan fingerprint density at radius 1 is 1.32 bits per heavy atom. The molecule has 0 fully saturated rings. The third kappa shape index (κ3) is 2.96. The molecule has 0 saturated carbocycles. The van der Waals surface area contributed by atoms with E-state index in [1.54, 1.807) is 11.7 Å². The summed E-state index contributed by atoms with van der Waals surface area (Å²) < 4.78 is 29.3. The minimum atomic E-state index is -0.548. The predicted octanol–water partition coefficient (Wildman–Crippen LogP) is 1.99. The second-order valence-corrected chi connectivity index (χ2v) is 4.25. The Kier molecular flexibility index (Phi) is 4.21. The molecule has 1 heterocycles. The van der Waals surface area contributed by atoms with E-state index in [1.165, 1.54) is 24.5 Å². The van der Waals surface area contributed by atoms with Crippen molar-refractivity contribution in [1.82, 2.24) is 20.1 Å². The van der Waals surface area contributed by atoms with Crippen molar-refractivity contribution in [3.8, 4) is 0 Å². The first kappa shape index (κ1) is 13.6. The first-order valence-corrected chi connectivity index (χ1v) is 6.13. The van der Waals surface area contributed by atoms with Gasteiger partial charge in [-0.05, 0) is 18.7 Å². The van der Waals surface area contributed by atoms with Crippen LogP contribution in [0.5, 0.6) is 0 Å². The summed E-state index contributed by atoms with van der Waals surface area (Å²) in [5.74, 6) is -0.421. The molecule has 0 spiro atoms. The Morgan fingerprint density at radius 3 is 2.53 bits per heavy atom. The van der Waals surface area contributed by atoms with Crippen molar-refractivity contribution in [2.75, 3.05) is 6.54 Å². The zero-order valence-electron chi connectivity index (χ0n) is 10.9. The number of benzene rings is 1. The van der Waals surface area contributed by atoms with E-state index in [9.17, 15) is 8.78 Å². The lowest BCUT2D eigenvalue weighted by Crippen LogP contribution is -2.26. The molecule has 0 aliphatic carbocycles. The van der Waals surface area contributed by atoms with Crippen molar-refractivity contribution >= 4 is 0 Å². The normalized spacial score (nSPS) is 12.6. The minimum absolute atomic E-state index is 0.0485. The fourth-order valence-electron chi connectivity index (χ4n) is 2.05. The number of halogens is 2. The van der Waals surface area contributed by atoms with Gasteiger partial charge in [0, 0.05) is 25.1 Å². The smallest absolute Gasteiger partial charge is 0.138 e. The Bertz CT molecular complexity index is 533. The van der Waals surface area contributed by atoms with Crippen molar-refractivity contribution < 1.29 is 8.78 Å². The van der Waals surface area contributed by atoms with Gasteiger partial charge < -0.3 is 5.32 Å². The molecule has 102 valence electrons. The molecular weight excluding hydrogens is 250 g/mol. The topological polar surface area (TPSA) is 42.7 Å². The molecule has 1 aromatic heterocycles. The van der Waals surface area contributed by atoms with Crippen LogP contribution in [0.15, 0.2) is 24.5 Å². The van der Waals surface area contributed by atoms with Gasteiger partial charge >= 0.3 is 0 Å². The standard InChI is InChI=1S/C13H16F2N4/c1-3-16-11(7-12-17-8-18-19(12)2)13-9(14)5-4-6-10(13)15/h4-6,8,11,16H,3,7H2,1-2H3. The molecule has 0 saturated heterocycles. The van der Waals surface area contributed by atoms with Gasteiger partial charge in [-0.3, -0.25) is 4.68 Å². The molecular formula is C13H16F2N4. The van der Waals surface area contributed by atoms with Crippen molar-refractivity contribution in [1.29, 1.82) is 0 Å². The van der Waals surface area contributed by atoms with Gasteiger partial charge in [0.1, 0.15) is 23.8 Å². The summed E-state index contributed by atoms with van der Waals surface area (Å²) in [4.78, 5) is 4.09. The van der Waals surface area contributed by atoms with Crippen LogP contribution in [0.2, 0.25) is 0 Å². The van der Waals surface area contributed by atoms with Gasteiger partial charge in [-0.15, -0.1) is 0 Å². The molecule has 1 aromatic carbocycles. The summed E-state index contributed by atoms with van der Waals surface area (Å²) in [6.07, 6.45) is 1.80. The minimum Gasteiger partial charge on any atom is -0.310 e. The van der Waals surface area contributed by atoms with E-state index >= 15 is 0 Å². The molecule has 2 aromatic rings. The highest BCUT2D eigenvalue weighted by Crippen LogP contribution is 2.23. The fourth-order valence-corrected chi connectivity index (χ4v) is 2.05. The molecule has 6 heteroatoms. The van der Waals surface area contributed by atoms with Gasteiger partial charge in [-0.2, -0.15) is 5.10 Å². The average Bonchev–Trinajstić information content (AvgIpc) is 2.75. The Morgan fingerprint density at radius 2 is 2.00 bits per heavy atom. The summed E-state index contributed by atoms with van der Waals surface area (Å²) in [6.45, 7) is 2.50. The van der Waals surface area contributed by atoms with Crippen LogP contribution in [0.3, 0.4) is 0 Å². The Labute approximate surface area is 110 Å². The summed E-state index contributed by atoms with van der Waals surface area (Å²) in [6, 6.07) is 3.42. The maximum atomic E-state index is 13.8. The van der Waals surface area contributed by atoms with E-state index in [0.717, 1.165) is 0 Å². The van der Waals surface area contributed by atoms with E-state index in [0.29, 0.717) is 18.8 Å². The number of likely N-dealkylation sites (N-methyl/N-ethyl adjacent to an activating group) is 1. The number of rotatable bonds is 5. The monoisotopic (exact) mass is 266 g/mol. The quantitative estimate of drug-likeness (QED) is 0.900. The van der Waals surface area contributed by atoms with Crippen LogP contribution in [-0.2, 0) is 13.5 Å². The zero-order chi connectivity index (χ0) is 13.8. The van der Waals surface area contributed by atoms with Crippen LogP contribution in [0.1, 0.15) is 24.4 Å². The van der Waals surface area contributed by atoms with E-state index in [-0.39, 0.29) is 5.56 Å². The van der Waals surface area contributed by atoms with Crippen molar-refractivity contribution in [2.24, 2.45) is 7.05 Å². The SMILES string of the molecule is CCNC(Cc1ncnn1C)c1c(F)cccc1F. The first-order valence-electron chi connectivity index (χ1n) is 6.13. The van der Waals surface area contributed by atoms with Crippen LogP contribution >= 0.6 is 0 Å². The maximum absolute atomic E-state index is 13.8. The highest BCUT2D eigenvalue weighted by Gasteiger charge is 2.21. The van der Waals surface area contributed by atoms with Gasteiger partial charge in [0.2, 0.25) is 0 Å². The number of hydrogen-bond acceptors (Lipinski definition) is 3. The van der Waals surface area contributed by atoms with Crippen LogP contribution in [0.4, 0.5) is 8.78 Å². The summed E-state index contributed by atoms with van der Waals surface area (Å²) >= 11 is 0. The zero-order valence-corrected chi connectivity index (χ0v) is 10.9. The number of nitrogens with one attached hydrogen (secondary N) is 1. The molecule has 2 rings (SSSR count). The molecule has 4 nitrogen and oxygen atoms in total. The highest BCUT2D eigenvalue weighted by molar-refractivity contribution is 5.24. The van der Waals surface area contributed by atoms with Gasteiger partial charge in [0.05, 0.1) is 0 Å². The van der Waals surface area contributed by atoms with E-state index in [4.69, 9.17) is 0 Å². The van der Waals surface area contributed by atoms with E-state index in [1.807, 2.05) is 6.92 Å². The second kappa shape index (κ2) is 5.88. The van der Waals surface area contributed by atoms with Crippen molar-refractivity contribution in [2.45, 2.75) is 19.4 Å². The molecule has 0 aliphatic heterocycles.